The molecular weight excluding hydrogens is 618 g/mol. The van der Waals surface area contributed by atoms with Crippen molar-refractivity contribution in [1.29, 1.82) is 0 Å². The number of methoxy groups -OCH3 is 3. The molecule has 1 aliphatic rings. The third kappa shape index (κ3) is 8.01. The van der Waals surface area contributed by atoms with Crippen LogP contribution in [0, 0.1) is 0 Å². The Morgan fingerprint density at radius 2 is 1.41 bits per heavy atom. The van der Waals surface area contributed by atoms with E-state index in [-0.39, 0.29) is 23.4 Å². The fraction of sp³-hybridized carbons (Fsp3) is 0.225. The maximum absolute atomic E-state index is 14.1. The van der Waals surface area contributed by atoms with Gasteiger partial charge in [-0.2, -0.15) is 0 Å². The zero-order valence-corrected chi connectivity index (χ0v) is 27.9. The molecule has 2 amide bonds. The van der Waals surface area contributed by atoms with Gasteiger partial charge in [0.1, 0.15) is 23.8 Å². The topological polar surface area (TPSA) is 90.4 Å². The van der Waals surface area contributed by atoms with Crippen LogP contribution in [-0.2, 0) is 24.5 Å². The first-order chi connectivity index (χ1) is 23.9. The van der Waals surface area contributed by atoms with Gasteiger partial charge in [-0.15, -0.1) is 0 Å². The molecule has 9 heteroatoms. The van der Waals surface area contributed by atoms with Crippen LogP contribution in [0.5, 0.6) is 23.0 Å². The molecule has 4 aromatic carbocycles. The third-order valence-electron chi connectivity index (χ3n) is 8.65. The molecule has 0 unspecified atom stereocenters. The van der Waals surface area contributed by atoms with E-state index in [1.807, 2.05) is 97.1 Å². The monoisotopic (exact) mass is 657 g/mol. The molecule has 1 atom stereocenters. The minimum atomic E-state index is -0.243. The van der Waals surface area contributed by atoms with E-state index in [0.717, 1.165) is 33.8 Å². The normalized spacial score (nSPS) is 14.0. The number of carbonyl (C=O) groups is 2. The summed E-state index contributed by atoms with van der Waals surface area (Å²) in [5, 5.41) is 0. The lowest BCUT2D eigenvalue weighted by Gasteiger charge is -2.24. The lowest BCUT2D eigenvalue weighted by Crippen LogP contribution is -2.31. The number of carbonyl (C=O) groups excluding carboxylic acids is 2. The van der Waals surface area contributed by atoms with Crippen LogP contribution in [0.3, 0.4) is 0 Å². The second-order valence-corrected chi connectivity index (χ2v) is 11.8. The summed E-state index contributed by atoms with van der Waals surface area (Å²) in [6, 6.07) is 34.5. The fourth-order valence-corrected chi connectivity index (χ4v) is 5.94. The number of amides is 2. The Morgan fingerprint density at radius 1 is 0.755 bits per heavy atom. The molecule has 0 bridgehead atoms. The van der Waals surface area contributed by atoms with E-state index in [9.17, 15) is 9.59 Å². The lowest BCUT2D eigenvalue weighted by molar-refractivity contribution is -0.117. The van der Waals surface area contributed by atoms with Crippen LogP contribution in [0.4, 0.5) is 5.69 Å². The molecule has 2 heterocycles. The second kappa shape index (κ2) is 15.4. The van der Waals surface area contributed by atoms with Crippen LogP contribution >= 0.6 is 0 Å². The number of ether oxygens (including phenoxy) is 4. The van der Waals surface area contributed by atoms with Gasteiger partial charge in [-0.05, 0) is 70.8 Å². The molecule has 0 spiro atoms. The quantitative estimate of drug-likeness (QED) is 0.134. The molecule has 0 aliphatic carbocycles. The van der Waals surface area contributed by atoms with Crippen LogP contribution in [0.1, 0.15) is 45.1 Å². The molecule has 5 aromatic rings. The molecular formula is C40H39N3O6. The average Bonchev–Trinajstić information content (AvgIpc) is 3.55. The molecule has 0 N–H and O–H groups in total. The van der Waals surface area contributed by atoms with Crippen LogP contribution in [0.2, 0.25) is 0 Å². The average molecular weight is 658 g/mol. The van der Waals surface area contributed by atoms with Crippen molar-refractivity contribution in [3.05, 3.63) is 143 Å². The fourth-order valence-electron chi connectivity index (χ4n) is 5.94. The molecule has 0 saturated carbocycles. The number of anilines is 1. The first kappa shape index (κ1) is 33.1. The predicted octanol–water partition coefficient (Wildman–Crippen LogP) is 7.05. The standard InChI is InChI=1S/C40H39N3O6/c1-46-34-14-9-28(10-15-34)24-42(25-29-11-16-35(47-2)17-12-29)40(45)36-23-33(19-20-41-36)43-26-32(22-39(43)44)31-13-18-37(48-3)38(21-31)49-27-30-7-5-4-6-8-30/h4-21,23,32H,22,24-27H2,1-3H3/t32-/m0/s1. The van der Waals surface area contributed by atoms with E-state index in [1.54, 1.807) is 49.5 Å². The van der Waals surface area contributed by atoms with Crippen molar-refractivity contribution in [2.75, 3.05) is 32.8 Å². The second-order valence-electron chi connectivity index (χ2n) is 11.8. The van der Waals surface area contributed by atoms with Crippen LogP contribution < -0.4 is 23.8 Å². The van der Waals surface area contributed by atoms with Gasteiger partial charge in [0.15, 0.2) is 11.5 Å². The Bertz CT molecular complexity index is 1830. The zero-order valence-electron chi connectivity index (χ0n) is 27.9. The summed E-state index contributed by atoms with van der Waals surface area (Å²) in [5.74, 6) is 2.41. The minimum absolute atomic E-state index is 0.0227. The smallest absolute Gasteiger partial charge is 0.273 e. The van der Waals surface area contributed by atoms with E-state index in [1.165, 1.54) is 0 Å². The Balaban J connectivity index is 1.20. The third-order valence-corrected chi connectivity index (χ3v) is 8.65. The molecule has 250 valence electrons. The summed E-state index contributed by atoms with van der Waals surface area (Å²) in [7, 11) is 4.86. The van der Waals surface area contributed by atoms with Gasteiger partial charge in [0, 0.05) is 43.9 Å². The van der Waals surface area contributed by atoms with E-state index in [0.29, 0.717) is 49.8 Å². The van der Waals surface area contributed by atoms with Crippen LogP contribution in [0.15, 0.2) is 115 Å². The molecule has 1 saturated heterocycles. The van der Waals surface area contributed by atoms with E-state index >= 15 is 0 Å². The number of hydrogen-bond acceptors (Lipinski definition) is 7. The van der Waals surface area contributed by atoms with Crippen molar-refractivity contribution in [2.24, 2.45) is 0 Å². The summed E-state index contributed by atoms with van der Waals surface area (Å²) in [4.78, 5) is 35.4. The van der Waals surface area contributed by atoms with E-state index in [2.05, 4.69) is 4.98 Å². The molecule has 6 rings (SSSR count). The summed E-state index contributed by atoms with van der Waals surface area (Å²) in [6.45, 7) is 1.58. The van der Waals surface area contributed by atoms with Crippen LogP contribution in [-0.4, -0.2) is 49.6 Å². The number of aromatic nitrogens is 1. The highest BCUT2D eigenvalue weighted by Crippen LogP contribution is 2.37. The van der Waals surface area contributed by atoms with E-state index < -0.39 is 0 Å². The van der Waals surface area contributed by atoms with Gasteiger partial charge in [0.25, 0.3) is 5.91 Å². The van der Waals surface area contributed by atoms with Gasteiger partial charge in [0.2, 0.25) is 5.91 Å². The highest BCUT2D eigenvalue weighted by atomic mass is 16.5. The maximum Gasteiger partial charge on any atom is 0.273 e. The number of nitrogens with zero attached hydrogens (tertiary/aromatic N) is 3. The van der Waals surface area contributed by atoms with Gasteiger partial charge in [0.05, 0.1) is 21.3 Å². The Kier molecular flexibility index (Phi) is 10.4. The van der Waals surface area contributed by atoms with Crippen LogP contribution in [0.25, 0.3) is 0 Å². The van der Waals surface area contributed by atoms with Crippen molar-refractivity contribution in [2.45, 2.75) is 32.0 Å². The summed E-state index contributed by atoms with van der Waals surface area (Å²) >= 11 is 0. The maximum atomic E-state index is 14.1. The van der Waals surface area contributed by atoms with E-state index in [4.69, 9.17) is 18.9 Å². The molecule has 1 aromatic heterocycles. The number of pyridine rings is 1. The number of rotatable bonds is 13. The summed E-state index contributed by atoms with van der Waals surface area (Å²) in [6.07, 6.45) is 1.92. The molecule has 1 aliphatic heterocycles. The number of hydrogen-bond donors (Lipinski definition) is 0. The van der Waals surface area contributed by atoms with Crippen molar-refractivity contribution in [1.82, 2.24) is 9.88 Å². The van der Waals surface area contributed by atoms with Gasteiger partial charge >= 0.3 is 0 Å². The van der Waals surface area contributed by atoms with Crippen molar-refractivity contribution in [3.8, 4) is 23.0 Å². The molecule has 9 nitrogen and oxygen atoms in total. The van der Waals surface area contributed by atoms with Crippen molar-refractivity contribution >= 4 is 17.5 Å². The highest BCUT2D eigenvalue weighted by Gasteiger charge is 2.33. The Labute approximate surface area is 286 Å². The zero-order chi connectivity index (χ0) is 34.2. The first-order valence-electron chi connectivity index (χ1n) is 16.1. The SMILES string of the molecule is COc1ccc(CN(Cc2ccc(OC)cc2)C(=O)c2cc(N3C[C@@H](c4ccc(OC)c(OCc5ccccc5)c4)CC3=O)ccn2)cc1. The molecule has 1 fully saturated rings. The molecule has 49 heavy (non-hydrogen) atoms. The highest BCUT2D eigenvalue weighted by molar-refractivity contribution is 5.98. The Hall–Kier alpha value is -5.83. The van der Waals surface area contributed by atoms with Gasteiger partial charge in [-0.25, -0.2) is 0 Å². The number of benzene rings is 4. The largest absolute Gasteiger partial charge is 0.497 e. The van der Waals surface area contributed by atoms with Crippen molar-refractivity contribution < 1.29 is 28.5 Å². The summed E-state index contributed by atoms with van der Waals surface area (Å²) in [5.41, 5.74) is 4.82. The van der Waals surface area contributed by atoms with Gasteiger partial charge < -0.3 is 28.7 Å². The predicted molar refractivity (Wildman–Crippen MR) is 187 cm³/mol. The lowest BCUT2D eigenvalue weighted by atomic mass is 9.98. The molecule has 0 radical (unpaired) electrons. The van der Waals surface area contributed by atoms with Gasteiger partial charge in [-0.1, -0.05) is 60.7 Å². The first-order valence-corrected chi connectivity index (χ1v) is 16.1. The minimum Gasteiger partial charge on any atom is -0.497 e. The summed E-state index contributed by atoms with van der Waals surface area (Å²) < 4.78 is 22.3. The van der Waals surface area contributed by atoms with Gasteiger partial charge in [-0.3, -0.25) is 14.6 Å². The Morgan fingerprint density at radius 3 is 2.02 bits per heavy atom. The van der Waals surface area contributed by atoms with Crippen molar-refractivity contribution in [3.63, 3.8) is 0 Å².